The third-order valence-electron chi connectivity index (χ3n) is 5.02. The second-order valence-corrected chi connectivity index (χ2v) is 7.58. The minimum absolute atomic E-state index is 0.819. The lowest BCUT2D eigenvalue weighted by Crippen LogP contribution is -2.13. The van der Waals surface area contributed by atoms with Crippen molar-refractivity contribution >= 4 is 23.9 Å². The fraction of sp³-hybridized carbons (Fsp3) is 0.500. The van der Waals surface area contributed by atoms with Gasteiger partial charge in [0.05, 0.1) is 0 Å². The Balaban J connectivity index is 2.14. The van der Waals surface area contributed by atoms with Crippen LogP contribution in [0.15, 0.2) is 23.1 Å². The van der Waals surface area contributed by atoms with Gasteiger partial charge in [-0.25, -0.2) is 0 Å². The summed E-state index contributed by atoms with van der Waals surface area (Å²) in [5, 5.41) is 0. The van der Waals surface area contributed by atoms with Crippen LogP contribution in [0.1, 0.15) is 55.4 Å². The van der Waals surface area contributed by atoms with Gasteiger partial charge < -0.3 is 0 Å². The number of hydrogen-bond acceptors (Lipinski definition) is 1. The summed E-state index contributed by atoms with van der Waals surface area (Å²) in [6.45, 7) is 8.75. The maximum Gasteiger partial charge on any atom is 0.0182 e. The van der Waals surface area contributed by atoms with Gasteiger partial charge in [-0.2, -0.15) is 0 Å². The van der Waals surface area contributed by atoms with Crippen LogP contribution in [0.3, 0.4) is 0 Å². The Morgan fingerprint density at radius 3 is 2.71 bits per heavy atom. The highest BCUT2D eigenvalue weighted by molar-refractivity contribution is 7.98. The predicted molar refractivity (Wildman–Crippen MR) is 95.9 cm³/mol. The average Bonchev–Trinajstić information content (AvgIpc) is 3.31. The first-order valence-corrected chi connectivity index (χ1v) is 9.39. The lowest BCUT2D eigenvalue weighted by molar-refractivity contribution is 0.496. The van der Waals surface area contributed by atoms with E-state index in [4.69, 9.17) is 0 Å². The third kappa shape index (κ3) is 2.99. The van der Waals surface area contributed by atoms with Crippen molar-refractivity contribution in [2.24, 2.45) is 11.8 Å². The van der Waals surface area contributed by atoms with Crippen molar-refractivity contribution in [3.05, 3.63) is 40.5 Å². The Morgan fingerprint density at radius 2 is 2.10 bits per heavy atom. The zero-order valence-corrected chi connectivity index (χ0v) is 14.4. The molecule has 3 rings (SSSR count). The molecule has 0 radical (unpaired) electrons. The summed E-state index contributed by atoms with van der Waals surface area (Å²) < 4.78 is 0. The lowest BCUT2D eigenvalue weighted by Gasteiger charge is -2.26. The van der Waals surface area contributed by atoms with E-state index in [1.165, 1.54) is 48.1 Å². The van der Waals surface area contributed by atoms with Gasteiger partial charge in [0, 0.05) is 4.90 Å². The van der Waals surface area contributed by atoms with Crippen LogP contribution in [0, 0.1) is 11.8 Å². The number of rotatable bonds is 4. The Bertz CT molecular complexity index is 590. The summed E-state index contributed by atoms with van der Waals surface area (Å²) in [5.41, 5.74) is 7.48. The van der Waals surface area contributed by atoms with Gasteiger partial charge in [0.15, 0.2) is 0 Å². The van der Waals surface area contributed by atoms with Crippen LogP contribution in [-0.4, -0.2) is 6.26 Å². The largest absolute Gasteiger partial charge is 0.129 e. The molecular formula is C20H26S. The van der Waals surface area contributed by atoms with Crippen LogP contribution in [0.5, 0.6) is 0 Å². The molecule has 2 aliphatic carbocycles. The summed E-state index contributed by atoms with van der Waals surface area (Å²) in [6, 6.07) is 2.40. The van der Waals surface area contributed by atoms with Crippen LogP contribution in [0.2, 0.25) is 0 Å². The van der Waals surface area contributed by atoms with Crippen LogP contribution in [-0.2, 0) is 12.8 Å². The quantitative estimate of drug-likeness (QED) is 0.615. The van der Waals surface area contributed by atoms with E-state index in [2.05, 4.69) is 38.8 Å². The van der Waals surface area contributed by atoms with Gasteiger partial charge in [0.25, 0.3) is 0 Å². The van der Waals surface area contributed by atoms with Crippen molar-refractivity contribution in [1.29, 1.82) is 0 Å². The number of thioether (sulfide) groups is 1. The zero-order valence-electron chi connectivity index (χ0n) is 13.5. The van der Waals surface area contributed by atoms with Gasteiger partial charge in [-0.3, -0.25) is 0 Å². The SMILES string of the molecule is C=Cc1cc2c(c(SC)c1/C=C(\C)C1CC1)CC(C)CC2. The molecule has 0 spiro atoms. The number of allylic oxidation sites excluding steroid dienone is 1. The molecule has 1 aromatic rings. The molecule has 0 saturated heterocycles. The highest BCUT2D eigenvalue weighted by Gasteiger charge is 2.25. The van der Waals surface area contributed by atoms with Crippen molar-refractivity contribution in [3.63, 3.8) is 0 Å². The second kappa shape index (κ2) is 6.04. The Labute approximate surface area is 133 Å². The Hall–Kier alpha value is -0.950. The van der Waals surface area contributed by atoms with Gasteiger partial charge in [0.1, 0.15) is 0 Å². The van der Waals surface area contributed by atoms with Crippen molar-refractivity contribution < 1.29 is 0 Å². The highest BCUT2D eigenvalue weighted by Crippen LogP contribution is 2.41. The maximum atomic E-state index is 4.06. The highest BCUT2D eigenvalue weighted by atomic mass is 32.2. The summed E-state index contributed by atoms with van der Waals surface area (Å²) in [5.74, 6) is 1.66. The van der Waals surface area contributed by atoms with Crippen LogP contribution >= 0.6 is 11.8 Å². The van der Waals surface area contributed by atoms with Gasteiger partial charge >= 0.3 is 0 Å². The van der Waals surface area contributed by atoms with Gasteiger partial charge in [-0.05, 0) is 79.4 Å². The first-order chi connectivity index (χ1) is 10.1. The third-order valence-corrected chi connectivity index (χ3v) is 5.90. The molecule has 1 heteroatoms. The molecule has 0 amide bonds. The molecule has 0 N–H and O–H groups in total. The van der Waals surface area contributed by atoms with Crippen LogP contribution in [0.25, 0.3) is 12.2 Å². The molecule has 1 aromatic carbocycles. The Kier molecular flexibility index (Phi) is 4.31. The van der Waals surface area contributed by atoms with Gasteiger partial charge in [-0.15, -0.1) is 11.8 Å². The molecule has 0 aliphatic heterocycles. The van der Waals surface area contributed by atoms with Crippen molar-refractivity contribution in [1.82, 2.24) is 0 Å². The molecule has 1 fully saturated rings. The molecule has 112 valence electrons. The molecular weight excluding hydrogens is 272 g/mol. The zero-order chi connectivity index (χ0) is 15.0. The smallest absolute Gasteiger partial charge is 0.0182 e. The minimum atomic E-state index is 0.819. The fourth-order valence-electron chi connectivity index (χ4n) is 3.53. The van der Waals surface area contributed by atoms with Crippen molar-refractivity contribution in [2.45, 2.75) is 50.8 Å². The summed E-state index contributed by atoms with van der Waals surface area (Å²) >= 11 is 1.92. The van der Waals surface area contributed by atoms with Crippen LogP contribution in [0.4, 0.5) is 0 Å². The van der Waals surface area contributed by atoms with E-state index in [1.807, 2.05) is 17.8 Å². The number of hydrogen-bond donors (Lipinski definition) is 0. The molecule has 1 unspecified atom stereocenters. The summed E-state index contributed by atoms with van der Waals surface area (Å²) in [7, 11) is 0. The van der Waals surface area contributed by atoms with E-state index in [0.29, 0.717) is 0 Å². The van der Waals surface area contributed by atoms with Crippen molar-refractivity contribution in [2.75, 3.05) is 6.26 Å². The van der Waals surface area contributed by atoms with Crippen molar-refractivity contribution in [3.8, 4) is 0 Å². The van der Waals surface area contributed by atoms with E-state index in [0.717, 1.165) is 11.8 Å². The summed E-state index contributed by atoms with van der Waals surface area (Å²) in [4.78, 5) is 1.51. The molecule has 1 atom stereocenters. The standard InChI is InChI=1S/C20H26S/c1-5-15-12-17-7-6-13(2)10-18(17)20(21-4)19(15)11-14(3)16-8-9-16/h5,11-13,16H,1,6-10H2,2-4H3/b14-11+. The van der Waals surface area contributed by atoms with Gasteiger partial charge in [0.2, 0.25) is 0 Å². The normalized spacial score (nSPS) is 22.0. The second-order valence-electron chi connectivity index (χ2n) is 6.77. The lowest BCUT2D eigenvalue weighted by atomic mass is 9.82. The van der Waals surface area contributed by atoms with Crippen LogP contribution < -0.4 is 0 Å². The number of fused-ring (bicyclic) bond motifs is 1. The van der Waals surface area contributed by atoms with Gasteiger partial charge in [-0.1, -0.05) is 37.3 Å². The molecule has 0 nitrogen and oxygen atoms in total. The number of aryl methyl sites for hydroxylation is 1. The summed E-state index contributed by atoms with van der Waals surface area (Å²) in [6.07, 6.45) is 13.3. The number of benzene rings is 1. The minimum Gasteiger partial charge on any atom is -0.129 e. The molecule has 21 heavy (non-hydrogen) atoms. The van der Waals surface area contributed by atoms with E-state index >= 15 is 0 Å². The maximum absolute atomic E-state index is 4.06. The van der Waals surface area contributed by atoms with E-state index in [9.17, 15) is 0 Å². The average molecular weight is 298 g/mol. The molecule has 0 heterocycles. The first kappa shape index (κ1) is 15.0. The fourth-order valence-corrected chi connectivity index (χ4v) is 4.38. The van der Waals surface area contributed by atoms with E-state index in [-0.39, 0.29) is 0 Å². The first-order valence-electron chi connectivity index (χ1n) is 8.17. The van der Waals surface area contributed by atoms with E-state index < -0.39 is 0 Å². The molecule has 0 bridgehead atoms. The Morgan fingerprint density at radius 1 is 1.33 bits per heavy atom. The topological polar surface area (TPSA) is 0 Å². The molecule has 2 aliphatic rings. The molecule has 1 saturated carbocycles. The van der Waals surface area contributed by atoms with E-state index in [1.54, 1.807) is 16.7 Å². The monoisotopic (exact) mass is 298 g/mol. The molecule has 0 aromatic heterocycles. The predicted octanol–water partition coefficient (Wildman–Crippen LogP) is 5.99.